The minimum absolute atomic E-state index is 0.0435. The molecule has 0 radical (unpaired) electrons. The molecule has 386 valence electrons. The highest BCUT2D eigenvalue weighted by molar-refractivity contribution is 14.1. The molecule has 0 spiro atoms. The van der Waals surface area contributed by atoms with Crippen molar-refractivity contribution in [1.82, 2.24) is 10.6 Å². The standard InChI is InChI=1S/C24H20I6N4O8.2C7H17NO5/c1-31-21(37)9-13(25)11(23(39)40)17(29)19(15(9)27)33-7(35)5-3-4-6-8(36)34-20-16(28)10(22(38)32-2)14(26)12(18(20)30)24(41)42;2*1-8-2-4(10)6(12)7(13)5(11)3-9/h3-6H2,1-2H3,(H,31,37)(H,32,38)(H,33,35)(H,34,36)(H,39,40)(H,41,42);2*4-13H,2-3H2,1H3/p+2/t;2*4-,5+,6+,7+/m.00/s1. The Morgan fingerprint density at radius 2 is 0.735 bits per heavy atom. The van der Waals surface area contributed by atoms with Gasteiger partial charge in [-0.3, -0.25) is 9.59 Å². The molecule has 0 aliphatic heterocycles. The first kappa shape index (κ1) is 67.2. The van der Waals surface area contributed by atoms with Crippen LogP contribution in [0.4, 0.5) is 11.4 Å². The van der Waals surface area contributed by atoms with E-state index in [1.54, 1.807) is 14.1 Å². The van der Waals surface area contributed by atoms with Gasteiger partial charge < -0.3 is 92.8 Å². The summed E-state index contributed by atoms with van der Waals surface area (Å²) >= 11 is 11.3. The van der Waals surface area contributed by atoms with E-state index in [1.165, 1.54) is 14.1 Å². The average molecular weight is 1650 g/mol. The summed E-state index contributed by atoms with van der Waals surface area (Å²) in [5, 5.41) is 141. The summed E-state index contributed by atoms with van der Waals surface area (Å²) in [5.41, 5.74) is 0.966. The molecule has 0 unspecified atom stereocenters. The zero-order valence-corrected chi connectivity index (χ0v) is 49.4. The topological polar surface area (TPSA) is 428 Å². The van der Waals surface area contributed by atoms with E-state index < -0.39 is 85.8 Å². The van der Waals surface area contributed by atoms with Crippen molar-refractivity contribution in [2.75, 3.05) is 65.1 Å². The number of carbonyl (C=O) groups is 4. The number of benzene rings is 2. The van der Waals surface area contributed by atoms with E-state index in [9.17, 15) is 49.8 Å². The lowest BCUT2D eigenvalue weighted by Gasteiger charge is -2.25. The van der Waals surface area contributed by atoms with E-state index in [-0.39, 0.29) is 71.4 Å². The second-order valence-electron chi connectivity index (χ2n) is 14.0. The molecule has 68 heavy (non-hydrogen) atoms. The zero-order valence-electron chi connectivity index (χ0n) is 36.4. The van der Waals surface area contributed by atoms with Gasteiger partial charge in [-0.2, -0.15) is 0 Å². The highest BCUT2D eigenvalue weighted by Crippen LogP contribution is 2.37. The second kappa shape index (κ2) is 33.8. The number of aromatic carboxylic acids is 2. The number of unbranched alkanes of at least 4 members (excludes halogenated alkanes) is 1. The highest BCUT2D eigenvalue weighted by atomic mass is 127. The lowest BCUT2D eigenvalue weighted by molar-refractivity contribution is -0.429. The monoisotopic (exact) mass is 1650 g/mol. The molecule has 0 bridgehead atoms. The fourth-order valence-electron chi connectivity index (χ4n) is 5.35. The Balaban J connectivity index is 0.00000140. The number of anilines is 2. The van der Waals surface area contributed by atoms with Gasteiger partial charge in [0.1, 0.15) is 61.8 Å². The molecule has 0 aliphatic carbocycles. The Bertz CT molecular complexity index is 1950. The van der Waals surface area contributed by atoms with Crippen LogP contribution in [-0.2, 0) is 9.59 Å². The molecule has 0 aliphatic rings. The Hall–Kier alpha value is -0.840. The molecule has 0 heterocycles. The van der Waals surface area contributed by atoms with Crippen molar-refractivity contribution in [3.8, 4) is 0 Å². The van der Waals surface area contributed by atoms with Gasteiger partial charge in [-0.25, -0.2) is 19.6 Å². The van der Waals surface area contributed by atoms with Crippen molar-refractivity contribution in [1.29, 1.82) is 0 Å². The van der Waals surface area contributed by atoms with E-state index >= 15 is 0 Å². The summed E-state index contributed by atoms with van der Waals surface area (Å²) in [7, 11) is 6.13. The van der Waals surface area contributed by atoms with Crippen LogP contribution < -0.4 is 31.3 Å². The maximum atomic E-state index is 12.8. The predicted molar refractivity (Wildman–Crippen MR) is 296 cm³/mol. The molecule has 24 nitrogen and oxygen atoms in total. The molecule has 20 N–H and O–H groups in total. The minimum atomic E-state index is -1.55. The van der Waals surface area contributed by atoms with Gasteiger partial charge >= 0.3 is 23.7 Å². The first-order valence-electron chi connectivity index (χ1n) is 19.6. The first-order valence-corrected chi connectivity index (χ1v) is 26.1. The summed E-state index contributed by atoms with van der Waals surface area (Å²) in [4.78, 5) is 54.6. The van der Waals surface area contributed by atoms with E-state index in [2.05, 4.69) is 31.3 Å². The Morgan fingerprint density at radius 3 is 0.971 bits per heavy atom. The number of aliphatic hydroxyl groups is 12. The van der Waals surface area contributed by atoms with Crippen molar-refractivity contribution in [3.05, 3.63) is 43.7 Å². The summed E-state index contributed by atoms with van der Waals surface area (Å²) in [6.45, 7) is -1.14. The van der Waals surface area contributed by atoms with Crippen LogP contribution in [0.5, 0.6) is 0 Å². The van der Waals surface area contributed by atoms with Crippen LogP contribution >= 0.6 is 136 Å². The molecule has 0 aromatic heterocycles. The number of rotatable bonds is 23. The summed E-state index contributed by atoms with van der Waals surface area (Å²) < 4.78 is 2.21. The number of carboxylic acid groups (broad SMARTS) is 2. The van der Waals surface area contributed by atoms with Gasteiger partial charge in [0, 0.05) is 33.1 Å². The average Bonchev–Trinajstić information content (AvgIpc) is 3.29. The molecular formula is C38H56I6N6O18+2. The molecule has 8 atom stereocenters. The summed E-state index contributed by atoms with van der Waals surface area (Å²) in [6.07, 6.45) is -10.5. The van der Waals surface area contributed by atoms with Crippen LogP contribution in [0, 0.1) is 21.4 Å². The van der Waals surface area contributed by atoms with Gasteiger partial charge in [0.2, 0.25) is 11.8 Å². The third-order valence-corrected chi connectivity index (χ3v) is 15.5. The van der Waals surface area contributed by atoms with Gasteiger partial charge in [-0.15, -0.1) is 0 Å². The van der Waals surface area contributed by atoms with Gasteiger partial charge in [0.25, 0.3) is 0 Å². The van der Waals surface area contributed by atoms with Crippen LogP contribution in [0.1, 0.15) is 57.5 Å². The predicted octanol–water partition coefficient (Wildman–Crippen LogP) is -3.84. The zero-order chi connectivity index (χ0) is 52.9. The Kier molecular flexibility index (Phi) is 33.4. The maximum absolute atomic E-state index is 12.8. The van der Waals surface area contributed by atoms with Gasteiger partial charge in [0.15, 0.2) is 0 Å². The fourth-order valence-corrected chi connectivity index (χ4v) is 14.2. The van der Waals surface area contributed by atoms with Crippen LogP contribution in [0.15, 0.2) is 0 Å². The third kappa shape index (κ3) is 19.9. The molecule has 2 aromatic carbocycles. The molecule has 0 fully saturated rings. The number of hydrogen-bond acceptors (Lipinski definition) is 16. The van der Waals surface area contributed by atoms with Gasteiger partial charge in [0.05, 0.1) is 62.2 Å². The van der Waals surface area contributed by atoms with E-state index in [0.717, 1.165) is 0 Å². The quantitative estimate of drug-likeness (QED) is 0.0219. The molecule has 0 saturated heterocycles. The normalized spacial score (nSPS) is 15.2. The smallest absolute Gasteiger partial charge is 0.367 e. The van der Waals surface area contributed by atoms with Crippen LogP contribution in [-0.4, -0.2) is 210 Å². The Labute approximate surface area is 471 Å². The number of carbonyl (C=O) groups excluding carboxylic acids is 2. The van der Waals surface area contributed by atoms with Crippen LogP contribution in [0.3, 0.4) is 0 Å². The van der Waals surface area contributed by atoms with Crippen molar-refractivity contribution >= 4 is 182 Å². The molecule has 2 amide bonds. The number of nitrogens with one attached hydrogen (secondary N) is 6. The second-order valence-corrected chi connectivity index (χ2v) is 20.4. The fraction of sp³-hybridized carbons (Fsp3) is 0.526. The number of halogens is 6. The lowest BCUT2D eigenvalue weighted by atomic mass is 10.0. The van der Waals surface area contributed by atoms with Crippen molar-refractivity contribution in [3.63, 3.8) is 0 Å². The van der Waals surface area contributed by atoms with Crippen LogP contribution in [0.2, 0.25) is 0 Å². The van der Waals surface area contributed by atoms with Crippen molar-refractivity contribution < 1.29 is 101 Å². The van der Waals surface area contributed by atoms with Crippen molar-refractivity contribution in [2.45, 2.75) is 74.5 Å². The third-order valence-electron chi connectivity index (χ3n) is 9.07. The number of aliphatic hydroxyl groups excluding tert-OH is 12. The highest BCUT2D eigenvalue weighted by Gasteiger charge is 2.33. The molecule has 30 heteroatoms. The SMILES string of the molecule is CNC[C@H](O)[C@@H](O)[C@H](O)[C@H](O)CO.CNC[C@H](O)[C@@H](O)[C@H](O)[C@H](O)CO.C[NH+]=C(O)c1c(I)c(NC(=O)CCCCC(=O)Nc2c(I)c(C(=O)O)c(I)c(C(O)=[NH+]C)c2I)c(I)c(C(=O)O)c1I. The lowest BCUT2D eigenvalue weighted by Crippen LogP contribution is -2.68. The van der Waals surface area contributed by atoms with E-state index in [0.29, 0.717) is 34.3 Å². The summed E-state index contributed by atoms with van der Waals surface area (Å²) in [5.74, 6) is -3.66. The van der Waals surface area contributed by atoms with Gasteiger partial charge in [-0.05, 0) is 162 Å². The van der Waals surface area contributed by atoms with Crippen molar-refractivity contribution in [2.24, 2.45) is 0 Å². The maximum Gasteiger partial charge on any atom is 0.367 e. The van der Waals surface area contributed by atoms with Crippen LogP contribution in [0.25, 0.3) is 0 Å². The number of amides is 2. The minimum Gasteiger partial charge on any atom is -0.478 e. The largest absolute Gasteiger partial charge is 0.478 e. The van der Waals surface area contributed by atoms with E-state index in [4.69, 9.17) is 40.9 Å². The Morgan fingerprint density at radius 1 is 0.471 bits per heavy atom. The molecular weight excluding hydrogens is 1590 g/mol. The number of carboxylic acids is 2. The molecule has 2 rings (SSSR count). The first-order chi connectivity index (χ1) is 31.7. The van der Waals surface area contributed by atoms with Gasteiger partial charge in [-0.1, -0.05) is 0 Å². The molecule has 2 aromatic rings. The van der Waals surface area contributed by atoms with E-state index in [1.807, 2.05) is 136 Å². The number of hydrogen-bond donors (Lipinski definition) is 20. The summed E-state index contributed by atoms with van der Waals surface area (Å²) in [6, 6.07) is 0. The molecule has 0 saturated carbocycles. The number of likely N-dealkylation sites (N-methyl/N-ethyl adjacent to an activating group) is 2.